The monoisotopic (exact) mass is 366 g/mol. The third-order valence-corrected chi connectivity index (χ3v) is 3.80. The van der Waals surface area contributed by atoms with Crippen LogP contribution in [0.1, 0.15) is 21.5 Å². The number of nitrogens with one attached hydrogen (secondary N) is 1. The van der Waals surface area contributed by atoms with Gasteiger partial charge in [0.05, 0.1) is 18.2 Å². The molecular formula is C16H13F3N4O3. The predicted octanol–water partition coefficient (Wildman–Crippen LogP) is 3.29. The molecule has 2 heterocycles. The Morgan fingerprint density at radius 1 is 1.35 bits per heavy atom. The molecule has 0 aliphatic rings. The molecule has 0 unspecified atom stereocenters. The van der Waals surface area contributed by atoms with Crippen molar-refractivity contribution in [2.24, 2.45) is 0 Å². The SMILES string of the molecule is COC(=O)c1cn2ncnc(Nc3ccc(C(F)(F)F)c(O)c3)c2c1C. The van der Waals surface area contributed by atoms with E-state index in [0.717, 1.165) is 12.1 Å². The van der Waals surface area contributed by atoms with Gasteiger partial charge in [0.15, 0.2) is 5.82 Å². The van der Waals surface area contributed by atoms with Crippen LogP contribution in [0.3, 0.4) is 0 Å². The average Bonchev–Trinajstić information content (AvgIpc) is 2.91. The predicted molar refractivity (Wildman–Crippen MR) is 85.5 cm³/mol. The average molecular weight is 366 g/mol. The summed E-state index contributed by atoms with van der Waals surface area (Å²) in [7, 11) is 1.25. The highest BCUT2D eigenvalue weighted by Gasteiger charge is 2.33. The molecule has 10 heteroatoms. The van der Waals surface area contributed by atoms with Gasteiger partial charge in [-0.25, -0.2) is 14.3 Å². The Morgan fingerprint density at radius 2 is 2.08 bits per heavy atom. The van der Waals surface area contributed by atoms with Crippen molar-refractivity contribution < 1.29 is 27.8 Å². The lowest BCUT2D eigenvalue weighted by Crippen LogP contribution is -2.06. The van der Waals surface area contributed by atoms with Crippen LogP contribution in [0, 0.1) is 6.92 Å². The number of benzene rings is 1. The number of phenolic OH excluding ortho intramolecular Hbond substituents is 1. The Balaban J connectivity index is 2.03. The Hall–Kier alpha value is -3.30. The van der Waals surface area contributed by atoms with Gasteiger partial charge in [0.2, 0.25) is 0 Å². The van der Waals surface area contributed by atoms with Crippen molar-refractivity contribution in [3.63, 3.8) is 0 Å². The normalized spacial score (nSPS) is 11.6. The van der Waals surface area contributed by atoms with E-state index in [4.69, 9.17) is 4.74 Å². The number of carbonyl (C=O) groups is 1. The number of carbonyl (C=O) groups excluding carboxylic acids is 1. The van der Waals surface area contributed by atoms with E-state index in [0.29, 0.717) is 11.1 Å². The molecule has 0 saturated carbocycles. The first kappa shape index (κ1) is 17.5. The maximum absolute atomic E-state index is 12.7. The Kier molecular flexibility index (Phi) is 4.18. The number of halogens is 3. The summed E-state index contributed by atoms with van der Waals surface area (Å²) < 4.78 is 44.3. The van der Waals surface area contributed by atoms with Gasteiger partial charge in [-0.2, -0.15) is 18.3 Å². The Labute approximate surface area is 145 Å². The van der Waals surface area contributed by atoms with Gasteiger partial charge in [0.1, 0.15) is 17.6 Å². The number of fused-ring (bicyclic) bond motifs is 1. The lowest BCUT2D eigenvalue weighted by Gasteiger charge is -2.12. The first-order valence-corrected chi connectivity index (χ1v) is 7.31. The van der Waals surface area contributed by atoms with Crippen molar-refractivity contribution in [2.45, 2.75) is 13.1 Å². The molecule has 0 aliphatic carbocycles. The number of esters is 1. The van der Waals surface area contributed by atoms with Crippen molar-refractivity contribution in [2.75, 3.05) is 12.4 Å². The van der Waals surface area contributed by atoms with Gasteiger partial charge in [-0.1, -0.05) is 0 Å². The largest absolute Gasteiger partial charge is 0.507 e. The van der Waals surface area contributed by atoms with E-state index in [2.05, 4.69) is 15.4 Å². The summed E-state index contributed by atoms with van der Waals surface area (Å²) in [5.41, 5.74) is 0.328. The fourth-order valence-electron chi connectivity index (χ4n) is 2.55. The lowest BCUT2D eigenvalue weighted by molar-refractivity contribution is -0.138. The van der Waals surface area contributed by atoms with E-state index in [-0.39, 0.29) is 17.1 Å². The lowest BCUT2D eigenvalue weighted by atomic mass is 10.1. The van der Waals surface area contributed by atoms with Crippen LogP contribution >= 0.6 is 0 Å². The maximum atomic E-state index is 12.7. The minimum absolute atomic E-state index is 0.191. The highest BCUT2D eigenvalue weighted by atomic mass is 19.4. The summed E-state index contributed by atoms with van der Waals surface area (Å²) in [6.07, 6.45) is -1.97. The minimum Gasteiger partial charge on any atom is -0.507 e. The van der Waals surface area contributed by atoms with Crippen LogP contribution in [0.15, 0.2) is 30.7 Å². The number of methoxy groups -OCH3 is 1. The fraction of sp³-hybridized carbons (Fsp3) is 0.188. The number of anilines is 2. The van der Waals surface area contributed by atoms with Crippen molar-refractivity contribution >= 4 is 23.0 Å². The molecule has 0 atom stereocenters. The number of nitrogens with zero attached hydrogens (tertiary/aromatic N) is 3. The van der Waals surface area contributed by atoms with Gasteiger partial charge in [-0.05, 0) is 24.6 Å². The number of hydrogen-bond donors (Lipinski definition) is 2. The van der Waals surface area contributed by atoms with Crippen molar-refractivity contribution in [3.8, 4) is 5.75 Å². The van der Waals surface area contributed by atoms with Gasteiger partial charge in [0.25, 0.3) is 0 Å². The second kappa shape index (κ2) is 6.21. The smallest absolute Gasteiger partial charge is 0.419 e. The van der Waals surface area contributed by atoms with E-state index >= 15 is 0 Å². The number of phenols is 1. The first-order valence-electron chi connectivity index (χ1n) is 7.31. The quantitative estimate of drug-likeness (QED) is 0.692. The van der Waals surface area contributed by atoms with Crippen LogP contribution in [0.2, 0.25) is 0 Å². The van der Waals surface area contributed by atoms with Crippen LogP contribution in [0.25, 0.3) is 5.52 Å². The molecule has 3 aromatic rings. The summed E-state index contributed by atoms with van der Waals surface area (Å²) in [4.78, 5) is 15.9. The number of hydrogen-bond acceptors (Lipinski definition) is 6. The number of aromatic nitrogens is 3. The topological polar surface area (TPSA) is 88.8 Å². The summed E-state index contributed by atoms with van der Waals surface area (Å²) in [6.45, 7) is 1.67. The number of aromatic hydroxyl groups is 1. The van der Waals surface area contributed by atoms with Crippen molar-refractivity contribution in [3.05, 3.63) is 47.4 Å². The molecule has 0 fully saturated rings. The van der Waals surface area contributed by atoms with E-state index in [1.54, 1.807) is 6.92 Å². The highest BCUT2D eigenvalue weighted by Crippen LogP contribution is 2.37. The number of ether oxygens (including phenoxy) is 1. The van der Waals surface area contributed by atoms with Crippen molar-refractivity contribution in [1.29, 1.82) is 0 Å². The molecule has 3 rings (SSSR count). The maximum Gasteiger partial charge on any atom is 0.419 e. The zero-order valence-electron chi connectivity index (χ0n) is 13.6. The molecule has 0 amide bonds. The molecule has 7 nitrogen and oxygen atoms in total. The zero-order valence-corrected chi connectivity index (χ0v) is 13.6. The molecule has 1 aromatic carbocycles. The standard InChI is InChI=1S/C16H13F3N4O3/c1-8-10(15(25)26-2)6-23-13(8)14(20-7-21-23)22-9-3-4-11(12(24)5-9)16(17,18)19/h3-7,24H,1-2H3,(H,20,21,22). The molecular weight excluding hydrogens is 353 g/mol. The number of rotatable bonds is 3. The number of aryl methyl sites for hydroxylation is 1. The van der Waals surface area contributed by atoms with Gasteiger partial charge >= 0.3 is 12.1 Å². The molecule has 136 valence electrons. The van der Waals surface area contributed by atoms with Crippen LogP contribution in [0.4, 0.5) is 24.7 Å². The third-order valence-electron chi connectivity index (χ3n) is 3.80. The van der Waals surface area contributed by atoms with Gasteiger partial charge in [-0.3, -0.25) is 0 Å². The molecule has 0 saturated heterocycles. The molecule has 2 aromatic heterocycles. The van der Waals surface area contributed by atoms with Crippen LogP contribution in [0.5, 0.6) is 5.75 Å². The van der Waals surface area contributed by atoms with E-state index in [1.807, 2.05) is 0 Å². The molecule has 0 bridgehead atoms. The molecule has 2 N–H and O–H groups in total. The van der Waals surface area contributed by atoms with Crippen LogP contribution in [-0.2, 0) is 10.9 Å². The highest BCUT2D eigenvalue weighted by molar-refractivity contribution is 5.95. The second-order valence-electron chi connectivity index (χ2n) is 5.42. The Morgan fingerprint density at radius 3 is 2.69 bits per heavy atom. The molecule has 0 radical (unpaired) electrons. The summed E-state index contributed by atoms with van der Waals surface area (Å²) in [5.74, 6) is -1.20. The van der Waals surface area contributed by atoms with E-state index < -0.39 is 23.5 Å². The first-order chi connectivity index (χ1) is 12.2. The van der Waals surface area contributed by atoms with Gasteiger partial charge in [0, 0.05) is 18.0 Å². The molecule has 26 heavy (non-hydrogen) atoms. The summed E-state index contributed by atoms with van der Waals surface area (Å²) >= 11 is 0. The summed E-state index contributed by atoms with van der Waals surface area (Å²) in [5, 5.41) is 16.5. The van der Waals surface area contributed by atoms with Gasteiger partial charge in [-0.15, -0.1) is 0 Å². The van der Waals surface area contributed by atoms with Gasteiger partial charge < -0.3 is 15.2 Å². The zero-order chi connectivity index (χ0) is 19.1. The molecule has 0 spiro atoms. The fourth-order valence-corrected chi connectivity index (χ4v) is 2.55. The Bertz CT molecular complexity index is 998. The van der Waals surface area contributed by atoms with Crippen molar-refractivity contribution in [1.82, 2.24) is 14.6 Å². The van der Waals surface area contributed by atoms with Crippen LogP contribution < -0.4 is 5.32 Å². The van der Waals surface area contributed by atoms with Crippen LogP contribution in [-0.4, -0.2) is 32.8 Å². The number of alkyl halides is 3. The second-order valence-corrected chi connectivity index (χ2v) is 5.42. The summed E-state index contributed by atoms with van der Waals surface area (Å²) in [6, 6.07) is 2.88. The third kappa shape index (κ3) is 3.01. The minimum atomic E-state index is -4.65. The van der Waals surface area contributed by atoms with E-state index in [1.165, 1.54) is 30.2 Å². The molecule has 0 aliphatic heterocycles. The van der Waals surface area contributed by atoms with E-state index in [9.17, 15) is 23.1 Å².